The number of nitrogens with one attached hydrogen (secondary N) is 1. The van der Waals surface area contributed by atoms with Crippen LogP contribution in [0.5, 0.6) is 0 Å². The Labute approximate surface area is 195 Å². The summed E-state index contributed by atoms with van der Waals surface area (Å²) in [4.78, 5) is 27.5. The average Bonchev–Trinajstić information content (AvgIpc) is 2.71. The molecule has 0 fully saturated rings. The summed E-state index contributed by atoms with van der Waals surface area (Å²) in [5.41, 5.74) is 2.87. The Hall–Kier alpha value is -2.58. The van der Waals surface area contributed by atoms with Crippen LogP contribution in [0.4, 0.5) is 5.69 Å². The summed E-state index contributed by atoms with van der Waals surface area (Å²) in [6.45, 7) is 5.24. The van der Waals surface area contributed by atoms with E-state index in [0.29, 0.717) is 22.7 Å². The summed E-state index contributed by atoms with van der Waals surface area (Å²) in [5, 5.41) is 3.07. The van der Waals surface area contributed by atoms with Crippen molar-refractivity contribution >= 4 is 39.1 Å². The van der Waals surface area contributed by atoms with Crippen molar-refractivity contribution in [3.8, 4) is 0 Å². The zero-order valence-electron chi connectivity index (χ0n) is 19.1. The molecule has 174 valence electrons. The number of benzene rings is 2. The third-order valence-corrected chi connectivity index (χ3v) is 6.54. The molecular formula is C23H30ClN3O4S. The number of aryl methyl sites for hydroxylation is 2. The zero-order valence-corrected chi connectivity index (χ0v) is 20.6. The van der Waals surface area contributed by atoms with E-state index in [1.807, 2.05) is 38.1 Å². The van der Waals surface area contributed by atoms with Crippen molar-refractivity contribution in [2.24, 2.45) is 0 Å². The van der Waals surface area contributed by atoms with Gasteiger partial charge in [-0.2, -0.15) is 0 Å². The Bertz CT molecular complexity index is 1090. The summed E-state index contributed by atoms with van der Waals surface area (Å²) in [5.74, 6) is -0.774. The van der Waals surface area contributed by atoms with Gasteiger partial charge in [-0.25, -0.2) is 8.42 Å². The predicted octanol–water partition coefficient (Wildman–Crippen LogP) is 3.28. The maximum absolute atomic E-state index is 13.5. The van der Waals surface area contributed by atoms with Crippen molar-refractivity contribution < 1.29 is 18.0 Å². The summed E-state index contributed by atoms with van der Waals surface area (Å²) in [6, 6.07) is 11.7. The first-order chi connectivity index (χ1) is 15.0. The summed E-state index contributed by atoms with van der Waals surface area (Å²) < 4.78 is 26.3. The number of hydrogen-bond acceptors (Lipinski definition) is 4. The first-order valence-corrected chi connectivity index (χ1v) is 12.5. The van der Waals surface area contributed by atoms with Gasteiger partial charge in [-0.1, -0.05) is 48.4 Å². The van der Waals surface area contributed by atoms with Crippen molar-refractivity contribution in [2.45, 2.75) is 39.8 Å². The predicted molar refractivity (Wildman–Crippen MR) is 128 cm³/mol. The van der Waals surface area contributed by atoms with Gasteiger partial charge in [0.15, 0.2) is 0 Å². The number of anilines is 1. The minimum Gasteiger partial charge on any atom is -0.357 e. The van der Waals surface area contributed by atoms with E-state index in [1.165, 1.54) is 11.9 Å². The number of halogens is 1. The minimum atomic E-state index is -3.78. The molecule has 0 saturated heterocycles. The van der Waals surface area contributed by atoms with Crippen LogP contribution in [-0.2, 0) is 26.2 Å². The number of sulfonamides is 1. The van der Waals surface area contributed by atoms with E-state index in [4.69, 9.17) is 11.6 Å². The Kier molecular flexibility index (Phi) is 8.69. The van der Waals surface area contributed by atoms with Crippen molar-refractivity contribution in [1.82, 2.24) is 10.2 Å². The quantitative estimate of drug-likeness (QED) is 0.598. The van der Waals surface area contributed by atoms with Gasteiger partial charge in [-0.15, -0.1) is 0 Å². The molecule has 0 aliphatic rings. The Morgan fingerprint density at radius 2 is 1.81 bits per heavy atom. The molecule has 1 unspecified atom stereocenters. The summed E-state index contributed by atoms with van der Waals surface area (Å²) in [6.07, 6.45) is 1.44. The zero-order chi connectivity index (χ0) is 24.1. The molecule has 2 amide bonds. The van der Waals surface area contributed by atoms with Gasteiger partial charge < -0.3 is 10.2 Å². The van der Waals surface area contributed by atoms with Crippen LogP contribution in [0.2, 0.25) is 5.02 Å². The molecule has 1 N–H and O–H groups in total. The molecule has 0 spiro atoms. The monoisotopic (exact) mass is 479 g/mol. The molecule has 2 aromatic rings. The van der Waals surface area contributed by atoms with Gasteiger partial charge in [0.25, 0.3) is 0 Å². The van der Waals surface area contributed by atoms with Gasteiger partial charge in [0.05, 0.1) is 11.9 Å². The minimum absolute atomic E-state index is 0.184. The van der Waals surface area contributed by atoms with Crippen LogP contribution in [0.1, 0.15) is 30.0 Å². The number of carbonyl (C=O) groups is 2. The highest BCUT2D eigenvalue weighted by molar-refractivity contribution is 7.92. The molecule has 0 aromatic heterocycles. The summed E-state index contributed by atoms with van der Waals surface area (Å²) in [7, 11) is -2.26. The molecule has 9 heteroatoms. The second-order valence-corrected chi connectivity index (χ2v) is 10.1. The molecule has 0 heterocycles. The Balaban J connectivity index is 2.46. The maximum atomic E-state index is 13.5. The smallest absolute Gasteiger partial charge is 0.244 e. The van der Waals surface area contributed by atoms with E-state index in [2.05, 4.69) is 5.32 Å². The number of likely N-dealkylation sites (N-methyl/N-ethyl adjacent to an activating group) is 1. The molecule has 0 radical (unpaired) electrons. The first kappa shape index (κ1) is 25.7. The van der Waals surface area contributed by atoms with Gasteiger partial charge in [-0.3, -0.25) is 13.9 Å². The van der Waals surface area contributed by atoms with Gasteiger partial charge in [-0.05, 0) is 49.6 Å². The fourth-order valence-corrected chi connectivity index (χ4v) is 4.72. The van der Waals surface area contributed by atoms with E-state index in [0.717, 1.165) is 21.7 Å². The lowest BCUT2D eigenvalue weighted by Crippen LogP contribution is -2.51. The number of amides is 2. The molecule has 7 nitrogen and oxygen atoms in total. The lowest BCUT2D eigenvalue weighted by Gasteiger charge is -2.33. The van der Waals surface area contributed by atoms with Crippen LogP contribution in [0.25, 0.3) is 0 Å². The maximum Gasteiger partial charge on any atom is 0.244 e. The van der Waals surface area contributed by atoms with E-state index >= 15 is 0 Å². The second kappa shape index (κ2) is 10.8. The molecule has 0 aliphatic carbocycles. The van der Waals surface area contributed by atoms with Crippen LogP contribution in [0.3, 0.4) is 0 Å². The van der Waals surface area contributed by atoms with Gasteiger partial charge in [0.1, 0.15) is 12.6 Å². The third kappa shape index (κ3) is 6.46. The van der Waals surface area contributed by atoms with E-state index in [9.17, 15) is 18.0 Å². The highest BCUT2D eigenvalue weighted by Crippen LogP contribution is 2.26. The molecular weight excluding hydrogens is 450 g/mol. The number of carbonyl (C=O) groups excluding carboxylic acids is 2. The van der Waals surface area contributed by atoms with E-state index in [-0.39, 0.29) is 12.5 Å². The third-order valence-electron chi connectivity index (χ3n) is 5.17. The van der Waals surface area contributed by atoms with Gasteiger partial charge >= 0.3 is 0 Å². The van der Waals surface area contributed by atoms with Gasteiger partial charge in [0.2, 0.25) is 21.8 Å². The topological polar surface area (TPSA) is 86.8 Å². The Morgan fingerprint density at radius 3 is 2.34 bits per heavy atom. The van der Waals surface area contributed by atoms with Crippen molar-refractivity contribution in [3.63, 3.8) is 0 Å². The van der Waals surface area contributed by atoms with Crippen LogP contribution in [0.15, 0.2) is 42.5 Å². The fourth-order valence-electron chi connectivity index (χ4n) is 3.59. The standard InChI is InChI=1S/C23H30ClN3O4S/c1-6-20(23(29)25-4)26(14-18-9-7-8-16(2)12-18)22(28)15-27(32(5,30)31)21-11-10-19(24)13-17(21)3/h7-13,20H,6,14-15H2,1-5H3,(H,25,29). The SMILES string of the molecule is CCC(C(=O)NC)N(Cc1cccc(C)c1)C(=O)CN(c1ccc(Cl)cc1C)S(C)(=O)=O. The second-order valence-electron chi connectivity index (χ2n) is 7.75. The van der Waals surface area contributed by atoms with E-state index in [1.54, 1.807) is 25.1 Å². The average molecular weight is 480 g/mol. The molecule has 32 heavy (non-hydrogen) atoms. The first-order valence-electron chi connectivity index (χ1n) is 10.3. The number of hydrogen-bond donors (Lipinski definition) is 1. The van der Waals surface area contributed by atoms with Gasteiger partial charge in [0, 0.05) is 18.6 Å². The van der Waals surface area contributed by atoms with E-state index < -0.39 is 28.5 Å². The molecule has 2 aromatic carbocycles. The van der Waals surface area contributed by atoms with Crippen LogP contribution in [0, 0.1) is 13.8 Å². The van der Waals surface area contributed by atoms with Crippen molar-refractivity contribution in [3.05, 3.63) is 64.2 Å². The number of rotatable bonds is 9. The molecule has 0 bridgehead atoms. The number of nitrogens with zero attached hydrogens (tertiary/aromatic N) is 2. The Morgan fingerprint density at radius 1 is 1.12 bits per heavy atom. The fraction of sp³-hybridized carbons (Fsp3) is 0.391. The summed E-state index contributed by atoms with van der Waals surface area (Å²) >= 11 is 6.02. The van der Waals surface area contributed by atoms with Crippen molar-refractivity contribution in [1.29, 1.82) is 0 Å². The molecule has 0 saturated carbocycles. The van der Waals surface area contributed by atoms with Crippen LogP contribution >= 0.6 is 11.6 Å². The van der Waals surface area contributed by atoms with Crippen LogP contribution in [-0.4, -0.2) is 51.0 Å². The largest absolute Gasteiger partial charge is 0.357 e. The lowest BCUT2D eigenvalue weighted by atomic mass is 10.1. The molecule has 2 rings (SSSR count). The van der Waals surface area contributed by atoms with Crippen molar-refractivity contribution in [2.75, 3.05) is 24.2 Å². The molecule has 1 atom stereocenters. The lowest BCUT2D eigenvalue weighted by molar-refractivity contribution is -0.140. The van der Waals surface area contributed by atoms with Crippen LogP contribution < -0.4 is 9.62 Å². The normalized spacial score (nSPS) is 12.2. The highest BCUT2D eigenvalue weighted by Gasteiger charge is 2.31. The highest BCUT2D eigenvalue weighted by atomic mass is 35.5. The molecule has 0 aliphatic heterocycles.